The Bertz CT molecular complexity index is 3160. The molecular formula is C51H32N4O. The molecule has 0 atom stereocenters. The van der Waals surface area contributed by atoms with E-state index in [1.165, 1.54) is 16.5 Å². The average molecular weight is 717 g/mol. The largest absolute Gasteiger partial charge is 0.456 e. The molecule has 11 rings (SSSR count). The SMILES string of the molecule is c1ccc(-c2ccc(-c3ccc4c(c3)oc3cc(-n5c6ccccc6c6ccc(-c7nc(-c8ccccc8)nc(-c8ccccc8)n7)cc65)ccc34)cc2)cc1. The minimum atomic E-state index is 0.620. The van der Waals surface area contributed by atoms with Gasteiger partial charge in [0.15, 0.2) is 17.5 Å². The normalized spacial score (nSPS) is 11.6. The molecule has 0 saturated heterocycles. The minimum absolute atomic E-state index is 0.620. The lowest BCUT2D eigenvalue weighted by Crippen LogP contribution is -2.00. The number of aromatic nitrogens is 4. The molecule has 0 amide bonds. The summed E-state index contributed by atoms with van der Waals surface area (Å²) in [4.78, 5) is 15.0. The summed E-state index contributed by atoms with van der Waals surface area (Å²) in [5, 5.41) is 4.51. The Hall–Kier alpha value is -7.63. The standard InChI is InChI=1S/C51H32N4O/c1-4-12-33(13-5-1)34-20-22-35(23-21-34)38-24-28-43-44-29-26-40(32-48(44)56-47(43)31-38)55-45-19-11-10-18-41(45)42-27-25-39(30-46(42)55)51-53-49(36-14-6-2-7-15-36)52-50(54-51)37-16-8-3-9-17-37/h1-32H. The number of rotatable bonds is 6. The van der Waals surface area contributed by atoms with Gasteiger partial charge < -0.3 is 8.98 Å². The molecule has 0 bridgehead atoms. The van der Waals surface area contributed by atoms with Crippen molar-refractivity contribution in [2.75, 3.05) is 0 Å². The molecule has 8 aromatic carbocycles. The van der Waals surface area contributed by atoms with Crippen LogP contribution in [0.4, 0.5) is 0 Å². The number of nitrogens with zero attached hydrogens (tertiary/aromatic N) is 4. The molecule has 0 spiro atoms. The summed E-state index contributed by atoms with van der Waals surface area (Å²) in [7, 11) is 0. The molecule has 0 saturated carbocycles. The van der Waals surface area contributed by atoms with Gasteiger partial charge in [0, 0.05) is 50.0 Å². The van der Waals surface area contributed by atoms with Gasteiger partial charge in [-0.25, -0.2) is 15.0 Å². The maximum absolute atomic E-state index is 6.63. The second kappa shape index (κ2) is 13.0. The second-order valence-electron chi connectivity index (χ2n) is 14.1. The van der Waals surface area contributed by atoms with Crippen molar-refractivity contribution in [3.8, 4) is 62.1 Å². The Morgan fingerprint density at radius 1 is 0.304 bits per heavy atom. The van der Waals surface area contributed by atoms with Gasteiger partial charge in [0.25, 0.3) is 0 Å². The maximum Gasteiger partial charge on any atom is 0.164 e. The van der Waals surface area contributed by atoms with E-state index in [0.29, 0.717) is 17.5 Å². The van der Waals surface area contributed by atoms with E-state index in [1.807, 2.05) is 66.7 Å². The zero-order valence-electron chi connectivity index (χ0n) is 30.2. The summed E-state index contributed by atoms with van der Waals surface area (Å²) >= 11 is 0. The topological polar surface area (TPSA) is 56.7 Å². The van der Waals surface area contributed by atoms with Crippen LogP contribution >= 0.6 is 0 Å². The van der Waals surface area contributed by atoms with E-state index in [1.54, 1.807) is 0 Å². The highest BCUT2D eigenvalue weighted by molar-refractivity contribution is 6.11. The first-order chi connectivity index (χ1) is 27.7. The lowest BCUT2D eigenvalue weighted by Gasteiger charge is -2.10. The highest BCUT2D eigenvalue weighted by atomic mass is 16.3. The molecule has 3 aromatic heterocycles. The van der Waals surface area contributed by atoms with Gasteiger partial charge in [-0.15, -0.1) is 0 Å². The smallest absolute Gasteiger partial charge is 0.164 e. The Morgan fingerprint density at radius 3 is 1.41 bits per heavy atom. The van der Waals surface area contributed by atoms with Crippen LogP contribution in [0.15, 0.2) is 199 Å². The van der Waals surface area contributed by atoms with Crippen LogP contribution < -0.4 is 0 Å². The summed E-state index contributed by atoms with van der Waals surface area (Å²) in [6.45, 7) is 0. The Labute approximate surface area is 322 Å². The fourth-order valence-electron chi connectivity index (χ4n) is 7.90. The van der Waals surface area contributed by atoms with E-state index in [-0.39, 0.29) is 0 Å². The van der Waals surface area contributed by atoms with Crippen molar-refractivity contribution in [1.82, 2.24) is 19.5 Å². The van der Waals surface area contributed by atoms with E-state index < -0.39 is 0 Å². The molecule has 0 aliphatic carbocycles. The van der Waals surface area contributed by atoms with E-state index in [2.05, 4.69) is 132 Å². The third kappa shape index (κ3) is 5.45. The van der Waals surface area contributed by atoms with Crippen LogP contribution in [0, 0.1) is 0 Å². The van der Waals surface area contributed by atoms with E-state index >= 15 is 0 Å². The van der Waals surface area contributed by atoms with Crippen molar-refractivity contribution in [1.29, 1.82) is 0 Å². The summed E-state index contributed by atoms with van der Waals surface area (Å²) < 4.78 is 8.95. The van der Waals surface area contributed by atoms with Crippen molar-refractivity contribution in [3.05, 3.63) is 194 Å². The van der Waals surface area contributed by atoms with Gasteiger partial charge in [0.05, 0.1) is 11.0 Å². The molecular weight excluding hydrogens is 685 g/mol. The molecule has 0 aliphatic heterocycles. The van der Waals surface area contributed by atoms with Gasteiger partial charge in [0.1, 0.15) is 11.2 Å². The summed E-state index contributed by atoms with van der Waals surface area (Å²) in [6.07, 6.45) is 0. The third-order valence-corrected chi connectivity index (χ3v) is 10.7. The zero-order chi connectivity index (χ0) is 37.0. The fraction of sp³-hybridized carbons (Fsp3) is 0. The lowest BCUT2D eigenvalue weighted by molar-refractivity contribution is 0.669. The highest BCUT2D eigenvalue weighted by Crippen LogP contribution is 2.38. The monoisotopic (exact) mass is 716 g/mol. The van der Waals surface area contributed by atoms with Crippen molar-refractivity contribution in [2.45, 2.75) is 0 Å². The molecule has 5 heteroatoms. The summed E-state index contributed by atoms with van der Waals surface area (Å²) in [5.74, 6) is 1.89. The molecule has 56 heavy (non-hydrogen) atoms. The molecule has 5 nitrogen and oxygen atoms in total. The van der Waals surface area contributed by atoms with Crippen LogP contribution in [-0.4, -0.2) is 19.5 Å². The van der Waals surface area contributed by atoms with Crippen LogP contribution in [0.25, 0.3) is 106 Å². The molecule has 0 unspecified atom stereocenters. The van der Waals surface area contributed by atoms with Gasteiger partial charge in [-0.2, -0.15) is 0 Å². The number of hydrogen-bond acceptors (Lipinski definition) is 4. The van der Waals surface area contributed by atoms with Crippen LogP contribution in [0.1, 0.15) is 0 Å². The van der Waals surface area contributed by atoms with E-state index in [0.717, 1.165) is 71.9 Å². The zero-order valence-corrected chi connectivity index (χ0v) is 30.2. The number of hydrogen-bond donors (Lipinski definition) is 0. The second-order valence-corrected chi connectivity index (χ2v) is 14.1. The molecule has 11 aromatic rings. The number of furan rings is 1. The first-order valence-corrected chi connectivity index (χ1v) is 18.8. The van der Waals surface area contributed by atoms with Gasteiger partial charge in [0.2, 0.25) is 0 Å². The van der Waals surface area contributed by atoms with E-state index in [9.17, 15) is 0 Å². The number of para-hydroxylation sites is 1. The van der Waals surface area contributed by atoms with Crippen molar-refractivity contribution in [3.63, 3.8) is 0 Å². The summed E-state index contributed by atoms with van der Waals surface area (Å²) in [5.41, 5.74) is 12.4. The number of fused-ring (bicyclic) bond motifs is 6. The van der Waals surface area contributed by atoms with Gasteiger partial charge in [-0.3, -0.25) is 0 Å². The summed E-state index contributed by atoms with van der Waals surface area (Å²) in [6, 6.07) is 67.5. The van der Waals surface area contributed by atoms with Crippen LogP contribution in [-0.2, 0) is 0 Å². The minimum Gasteiger partial charge on any atom is -0.456 e. The van der Waals surface area contributed by atoms with Gasteiger partial charge in [-0.05, 0) is 58.7 Å². The first kappa shape index (κ1) is 31.9. The van der Waals surface area contributed by atoms with Gasteiger partial charge in [-0.1, -0.05) is 152 Å². The van der Waals surface area contributed by atoms with Gasteiger partial charge >= 0.3 is 0 Å². The molecule has 0 N–H and O–H groups in total. The van der Waals surface area contributed by atoms with Crippen LogP contribution in [0.3, 0.4) is 0 Å². The average Bonchev–Trinajstić information content (AvgIpc) is 3.81. The van der Waals surface area contributed by atoms with Crippen molar-refractivity contribution >= 4 is 43.7 Å². The number of benzene rings is 8. The predicted molar refractivity (Wildman–Crippen MR) is 229 cm³/mol. The third-order valence-electron chi connectivity index (χ3n) is 10.7. The Kier molecular flexibility index (Phi) is 7.42. The fourth-order valence-corrected chi connectivity index (χ4v) is 7.90. The lowest BCUT2D eigenvalue weighted by atomic mass is 9.99. The first-order valence-electron chi connectivity index (χ1n) is 18.8. The predicted octanol–water partition coefficient (Wildman–Crippen LogP) is 13.2. The molecule has 262 valence electrons. The molecule has 0 aliphatic rings. The quantitative estimate of drug-likeness (QED) is 0.172. The van der Waals surface area contributed by atoms with E-state index in [4.69, 9.17) is 19.4 Å². The highest BCUT2D eigenvalue weighted by Gasteiger charge is 2.18. The maximum atomic E-state index is 6.63. The molecule has 3 heterocycles. The Balaban J connectivity index is 1.03. The molecule has 0 fully saturated rings. The Morgan fingerprint density at radius 2 is 0.750 bits per heavy atom. The van der Waals surface area contributed by atoms with Crippen molar-refractivity contribution in [2.24, 2.45) is 0 Å². The molecule has 0 radical (unpaired) electrons. The van der Waals surface area contributed by atoms with Crippen LogP contribution in [0.2, 0.25) is 0 Å². The van der Waals surface area contributed by atoms with Crippen LogP contribution in [0.5, 0.6) is 0 Å². The van der Waals surface area contributed by atoms with Crippen molar-refractivity contribution < 1.29 is 4.42 Å².